The number of halogens is 1. The third-order valence-electron chi connectivity index (χ3n) is 6.22. The topological polar surface area (TPSA) is 76.4 Å². The van der Waals surface area contributed by atoms with Gasteiger partial charge < -0.3 is 19.9 Å². The summed E-state index contributed by atoms with van der Waals surface area (Å²) in [5, 5.41) is 16.8. The first-order valence-corrected chi connectivity index (χ1v) is 13.1. The smallest absolute Gasteiger partial charge is 0.191 e. The molecule has 9 heteroatoms. The van der Waals surface area contributed by atoms with E-state index in [0.29, 0.717) is 12.1 Å². The molecule has 2 saturated carbocycles. The lowest BCUT2D eigenvalue weighted by Crippen LogP contribution is -2.38. The van der Waals surface area contributed by atoms with Crippen molar-refractivity contribution in [1.29, 1.82) is 0 Å². The third kappa shape index (κ3) is 8.72. The number of ether oxygens (including phenoxy) is 1. The van der Waals surface area contributed by atoms with Gasteiger partial charge in [-0.1, -0.05) is 43.9 Å². The van der Waals surface area contributed by atoms with Gasteiger partial charge in [-0.3, -0.25) is 4.99 Å². The van der Waals surface area contributed by atoms with Crippen LogP contribution in [0.5, 0.6) is 0 Å². The molecule has 2 fully saturated rings. The zero-order chi connectivity index (χ0) is 21.0. The van der Waals surface area contributed by atoms with Crippen LogP contribution in [0.15, 0.2) is 10.1 Å². The van der Waals surface area contributed by atoms with Crippen LogP contribution in [0, 0.1) is 0 Å². The van der Waals surface area contributed by atoms with Crippen LogP contribution in [0.3, 0.4) is 0 Å². The lowest BCUT2D eigenvalue weighted by Gasteiger charge is -2.22. The number of aliphatic imine (C=N–C) groups is 1. The quantitative estimate of drug-likeness (QED) is 0.135. The number of rotatable bonds is 11. The number of guanidine groups is 1. The molecular weight excluding hydrogens is 523 g/mol. The molecule has 1 aromatic heterocycles. The molecule has 0 aliphatic heterocycles. The van der Waals surface area contributed by atoms with Gasteiger partial charge in [-0.2, -0.15) is 0 Å². The summed E-state index contributed by atoms with van der Waals surface area (Å²) in [6, 6.07) is 0.593. The molecule has 0 atom stereocenters. The molecule has 1 heterocycles. The Morgan fingerprint density at radius 3 is 2.39 bits per heavy atom. The monoisotopic (exact) mass is 564 g/mol. The average molecular weight is 565 g/mol. The van der Waals surface area contributed by atoms with Gasteiger partial charge in [0.1, 0.15) is 5.82 Å². The maximum Gasteiger partial charge on any atom is 0.191 e. The van der Waals surface area contributed by atoms with Crippen molar-refractivity contribution in [2.45, 2.75) is 94.4 Å². The van der Waals surface area contributed by atoms with Gasteiger partial charge in [0.05, 0.1) is 6.10 Å². The second kappa shape index (κ2) is 15.3. The Kier molecular flexibility index (Phi) is 13.2. The molecule has 1 aromatic rings. The first kappa shape index (κ1) is 26.7. The van der Waals surface area contributed by atoms with Crippen LogP contribution >= 0.6 is 35.7 Å². The molecule has 0 unspecified atom stereocenters. The van der Waals surface area contributed by atoms with E-state index in [2.05, 4.69) is 36.6 Å². The highest BCUT2D eigenvalue weighted by molar-refractivity contribution is 14.0. The summed E-state index contributed by atoms with van der Waals surface area (Å²) in [6.07, 6.45) is 17.3. The lowest BCUT2D eigenvalue weighted by molar-refractivity contribution is 0.0277. The molecular formula is C22H41IN6OS. The van der Waals surface area contributed by atoms with E-state index >= 15 is 0 Å². The van der Waals surface area contributed by atoms with E-state index in [-0.39, 0.29) is 24.0 Å². The van der Waals surface area contributed by atoms with Gasteiger partial charge in [-0.05, 0) is 44.8 Å². The van der Waals surface area contributed by atoms with Gasteiger partial charge in [-0.15, -0.1) is 34.2 Å². The first-order valence-electron chi connectivity index (χ1n) is 11.9. The SMILES string of the molecule is CN=C(NCCCOC1CCCCC1)NCCCc1nnc(SC)n1C1CCCC1.I. The maximum atomic E-state index is 5.99. The van der Waals surface area contributed by atoms with E-state index < -0.39 is 0 Å². The second-order valence-electron chi connectivity index (χ2n) is 8.42. The third-order valence-corrected chi connectivity index (χ3v) is 6.86. The van der Waals surface area contributed by atoms with Crippen LogP contribution < -0.4 is 10.6 Å². The van der Waals surface area contributed by atoms with Crippen LogP contribution in [0.2, 0.25) is 0 Å². The number of hydrogen-bond acceptors (Lipinski definition) is 5. The Balaban J connectivity index is 0.00000341. The highest BCUT2D eigenvalue weighted by Gasteiger charge is 2.23. The normalized spacial score (nSPS) is 18.2. The fourth-order valence-corrected chi connectivity index (χ4v) is 5.15. The van der Waals surface area contributed by atoms with Crippen molar-refractivity contribution >= 4 is 41.7 Å². The molecule has 0 radical (unpaired) electrons. The van der Waals surface area contributed by atoms with E-state index in [9.17, 15) is 0 Å². The van der Waals surface area contributed by atoms with Crippen molar-refractivity contribution in [1.82, 2.24) is 25.4 Å². The minimum absolute atomic E-state index is 0. The number of aryl methyl sites for hydroxylation is 1. The first-order chi connectivity index (χ1) is 14.8. The van der Waals surface area contributed by atoms with Crippen LogP contribution in [0.1, 0.15) is 82.5 Å². The van der Waals surface area contributed by atoms with Gasteiger partial charge >= 0.3 is 0 Å². The number of aromatic nitrogens is 3. The molecule has 0 bridgehead atoms. The van der Waals surface area contributed by atoms with Crippen LogP contribution in [-0.4, -0.2) is 59.8 Å². The van der Waals surface area contributed by atoms with Crippen molar-refractivity contribution in [2.24, 2.45) is 4.99 Å². The number of thioether (sulfide) groups is 1. The lowest BCUT2D eigenvalue weighted by atomic mass is 9.98. The van der Waals surface area contributed by atoms with Gasteiger partial charge in [0, 0.05) is 39.2 Å². The van der Waals surface area contributed by atoms with Gasteiger partial charge in [-0.25, -0.2) is 0 Å². The van der Waals surface area contributed by atoms with Crippen LogP contribution in [0.4, 0.5) is 0 Å². The molecule has 2 aliphatic rings. The number of nitrogens with zero attached hydrogens (tertiary/aromatic N) is 4. The maximum absolute atomic E-state index is 5.99. The fraction of sp³-hybridized carbons (Fsp3) is 0.864. The Morgan fingerprint density at radius 2 is 1.71 bits per heavy atom. The zero-order valence-electron chi connectivity index (χ0n) is 19.3. The van der Waals surface area contributed by atoms with Gasteiger partial charge in [0.25, 0.3) is 0 Å². The summed E-state index contributed by atoms with van der Waals surface area (Å²) < 4.78 is 8.39. The van der Waals surface area contributed by atoms with Crippen LogP contribution in [0.25, 0.3) is 0 Å². The number of nitrogens with one attached hydrogen (secondary N) is 2. The predicted octanol–water partition coefficient (Wildman–Crippen LogP) is 4.57. The molecule has 0 amide bonds. The standard InChI is InChI=1S/C22H40N6OS.HI/c1-23-21(25-16-9-17-29-19-12-4-3-5-13-19)24-15-8-14-20-26-27-22(30-2)28(20)18-10-6-7-11-18;/h18-19H,3-17H2,1-2H3,(H2,23,24,25);1H. The highest BCUT2D eigenvalue weighted by atomic mass is 127. The fourth-order valence-electron chi connectivity index (χ4n) is 4.58. The Bertz CT molecular complexity index is 644. The average Bonchev–Trinajstić information content (AvgIpc) is 3.45. The summed E-state index contributed by atoms with van der Waals surface area (Å²) in [5.41, 5.74) is 0. The summed E-state index contributed by atoms with van der Waals surface area (Å²) in [5.74, 6) is 2.01. The zero-order valence-corrected chi connectivity index (χ0v) is 22.4. The molecule has 2 N–H and O–H groups in total. The van der Waals surface area contributed by atoms with Crippen molar-refractivity contribution in [3.05, 3.63) is 5.82 Å². The van der Waals surface area contributed by atoms with E-state index in [0.717, 1.165) is 55.9 Å². The van der Waals surface area contributed by atoms with Crippen LogP contribution in [-0.2, 0) is 11.2 Å². The molecule has 3 rings (SSSR count). The van der Waals surface area contributed by atoms with Crippen molar-refractivity contribution in [3.8, 4) is 0 Å². The van der Waals surface area contributed by atoms with Gasteiger partial charge in [0.2, 0.25) is 0 Å². The summed E-state index contributed by atoms with van der Waals surface area (Å²) in [4.78, 5) is 4.34. The molecule has 31 heavy (non-hydrogen) atoms. The van der Waals surface area contributed by atoms with E-state index in [4.69, 9.17) is 4.74 Å². The van der Waals surface area contributed by atoms with Crippen molar-refractivity contribution in [3.63, 3.8) is 0 Å². The minimum atomic E-state index is 0. The Labute approximate surface area is 209 Å². The van der Waals surface area contributed by atoms with E-state index in [1.165, 1.54) is 57.8 Å². The Hall–Kier alpha value is -0.550. The second-order valence-corrected chi connectivity index (χ2v) is 9.20. The predicted molar refractivity (Wildman–Crippen MR) is 140 cm³/mol. The summed E-state index contributed by atoms with van der Waals surface area (Å²) in [6.45, 7) is 2.60. The molecule has 7 nitrogen and oxygen atoms in total. The highest BCUT2D eigenvalue weighted by Crippen LogP contribution is 2.33. The summed E-state index contributed by atoms with van der Waals surface area (Å²) in [7, 11) is 1.83. The molecule has 2 aliphatic carbocycles. The molecule has 0 aromatic carbocycles. The Morgan fingerprint density at radius 1 is 1.03 bits per heavy atom. The summed E-state index contributed by atoms with van der Waals surface area (Å²) >= 11 is 1.71. The van der Waals surface area contributed by atoms with Crippen molar-refractivity contribution < 1.29 is 4.74 Å². The van der Waals surface area contributed by atoms with Gasteiger partial charge in [0.15, 0.2) is 11.1 Å². The molecule has 178 valence electrons. The minimum Gasteiger partial charge on any atom is -0.378 e. The molecule has 0 spiro atoms. The van der Waals surface area contributed by atoms with E-state index in [1.807, 2.05) is 7.05 Å². The van der Waals surface area contributed by atoms with E-state index in [1.54, 1.807) is 11.8 Å². The largest absolute Gasteiger partial charge is 0.378 e. The van der Waals surface area contributed by atoms with Crippen molar-refractivity contribution in [2.75, 3.05) is 33.0 Å². The number of hydrogen-bond donors (Lipinski definition) is 2. The molecule has 0 saturated heterocycles.